The Morgan fingerprint density at radius 3 is 2.76 bits per heavy atom. The standard InChI is InChI=1S/C16H16N4S/c1-12-7-9-17-16(19-12)18-10-8-14-11-21-15(20-14)13-5-3-2-4-6-13/h2-7,9,11H,8,10H2,1H3,(H,17,18,19). The highest BCUT2D eigenvalue weighted by Crippen LogP contribution is 2.23. The van der Waals surface area contributed by atoms with E-state index >= 15 is 0 Å². The summed E-state index contributed by atoms with van der Waals surface area (Å²) in [6.45, 7) is 2.74. The quantitative estimate of drug-likeness (QED) is 0.782. The van der Waals surface area contributed by atoms with E-state index in [1.807, 2.05) is 31.2 Å². The fourth-order valence-corrected chi connectivity index (χ4v) is 2.83. The first-order chi connectivity index (χ1) is 10.3. The fraction of sp³-hybridized carbons (Fsp3) is 0.188. The number of benzene rings is 1. The molecule has 2 heterocycles. The Morgan fingerprint density at radius 1 is 1.10 bits per heavy atom. The lowest BCUT2D eigenvalue weighted by molar-refractivity contribution is 0.948. The van der Waals surface area contributed by atoms with Crippen LogP contribution in [0.5, 0.6) is 0 Å². The summed E-state index contributed by atoms with van der Waals surface area (Å²) in [5.41, 5.74) is 3.23. The van der Waals surface area contributed by atoms with E-state index in [1.165, 1.54) is 5.56 Å². The summed E-state index contributed by atoms with van der Waals surface area (Å²) >= 11 is 1.68. The van der Waals surface area contributed by atoms with E-state index in [0.29, 0.717) is 5.95 Å². The second kappa shape index (κ2) is 6.45. The molecule has 0 radical (unpaired) electrons. The first-order valence-electron chi connectivity index (χ1n) is 6.84. The largest absolute Gasteiger partial charge is 0.354 e. The summed E-state index contributed by atoms with van der Waals surface area (Å²) in [6.07, 6.45) is 2.63. The van der Waals surface area contributed by atoms with Crippen LogP contribution >= 0.6 is 11.3 Å². The van der Waals surface area contributed by atoms with Crippen LogP contribution in [-0.2, 0) is 6.42 Å². The molecule has 0 atom stereocenters. The number of hydrogen-bond acceptors (Lipinski definition) is 5. The van der Waals surface area contributed by atoms with Crippen molar-refractivity contribution in [1.82, 2.24) is 15.0 Å². The van der Waals surface area contributed by atoms with Crippen LogP contribution in [0.25, 0.3) is 10.6 Å². The van der Waals surface area contributed by atoms with E-state index in [1.54, 1.807) is 17.5 Å². The predicted octanol–water partition coefficient (Wildman–Crippen LogP) is 3.56. The predicted molar refractivity (Wildman–Crippen MR) is 86.5 cm³/mol. The number of thiazole rings is 1. The molecule has 5 heteroatoms. The molecule has 0 unspecified atom stereocenters. The zero-order valence-electron chi connectivity index (χ0n) is 11.8. The summed E-state index contributed by atoms with van der Waals surface area (Å²) in [7, 11) is 0. The van der Waals surface area contributed by atoms with Gasteiger partial charge in [0.1, 0.15) is 5.01 Å². The van der Waals surface area contributed by atoms with E-state index in [4.69, 9.17) is 0 Å². The molecule has 0 bridgehead atoms. The molecule has 4 nitrogen and oxygen atoms in total. The fourth-order valence-electron chi connectivity index (χ4n) is 1.97. The molecule has 0 spiro atoms. The van der Waals surface area contributed by atoms with Crippen LogP contribution in [0.1, 0.15) is 11.4 Å². The maximum Gasteiger partial charge on any atom is 0.222 e. The van der Waals surface area contributed by atoms with Gasteiger partial charge in [0.2, 0.25) is 5.95 Å². The monoisotopic (exact) mass is 296 g/mol. The van der Waals surface area contributed by atoms with Gasteiger partial charge in [0, 0.05) is 35.8 Å². The van der Waals surface area contributed by atoms with Crippen molar-refractivity contribution in [1.29, 1.82) is 0 Å². The van der Waals surface area contributed by atoms with Crippen LogP contribution < -0.4 is 5.32 Å². The van der Waals surface area contributed by atoms with Gasteiger partial charge in [-0.3, -0.25) is 0 Å². The zero-order chi connectivity index (χ0) is 14.5. The van der Waals surface area contributed by atoms with Crippen molar-refractivity contribution in [2.45, 2.75) is 13.3 Å². The summed E-state index contributed by atoms with van der Waals surface area (Å²) in [5.74, 6) is 0.675. The Hall–Kier alpha value is -2.27. The minimum atomic E-state index is 0.675. The Morgan fingerprint density at radius 2 is 1.95 bits per heavy atom. The van der Waals surface area contributed by atoms with Gasteiger partial charge >= 0.3 is 0 Å². The van der Waals surface area contributed by atoms with Gasteiger partial charge in [-0.1, -0.05) is 30.3 Å². The molecule has 3 rings (SSSR count). The van der Waals surface area contributed by atoms with Crippen molar-refractivity contribution in [3.8, 4) is 10.6 Å². The molecule has 0 amide bonds. The summed E-state index contributed by atoms with van der Waals surface area (Å²) < 4.78 is 0. The highest BCUT2D eigenvalue weighted by atomic mass is 32.1. The summed E-state index contributed by atoms with van der Waals surface area (Å²) in [4.78, 5) is 13.2. The number of aryl methyl sites for hydroxylation is 1. The second-order valence-electron chi connectivity index (χ2n) is 4.71. The van der Waals surface area contributed by atoms with Gasteiger partial charge in [-0.15, -0.1) is 11.3 Å². The number of nitrogens with zero attached hydrogens (tertiary/aromatic N) is 3. The van der Waals surface area contributed by atoms with Gasteiger partial charge in [0.15, 0.2) is 0 Å². The number of aromatic nitrogens is 3. The number of hydrogen-bond donors (Lipinski definition) is 1. The SMILES string of the molecule is Cc1ccnc(NCCc2csc(-c3ccccc3)n2)n1. The lowest BCUT2D eigenvalue weighted by Gasteiger charge is -2.03. The van der Waals surface area contributed by atoms with Gasteiger partial charge in [-0.25, -0.2) is 15.0 Å². The van der Waals surface area contributed by atoms with E-state index in [0.717, 1.165) is 29.4 Å². The van der Waals surface area contributed by atoms with Crippen molar-refractivity contribution >= 4 is 17.3 Å². The molecule has 0 aliphatic rings. The third kappa shape index (κ3) is 3.64. The molecule has 0 saturated carbocycles. The van der Waals surface area contributed by atoms with Crippen molar-refractivity contribution < 1.29 is 0 Å². The molecule has 2 aromatic heterocycles. The molecular weight excluding hydrogens is 280 g/mol. The average Bonchev–Trinajstić information content (AvgIpc) is 2.97. The molecule has 1 N–H and O–H groups in total. The van der Waals surface area contributed by atoms with Crippen molar-refractivity contribution in [3.63, 3.8) is 0 Å². The van der Waals surface area contributed by atoms with Crippen molar-refractivity contribution in [2.75, 3.05) is 11.9 Å². The molecular formula is C16H16N4S. The maximum atomic E-state index is 4.67. The van der Waals surface area contributed by atoms with Crippen LogP contribution in [0.15, 0.2) is 48.0 Å². The molecule has 21 heavy (non-hydrogen) atoms. The molecule has 106 valence electrons. The van der Waals surface area contributed by atoms with Gasteiger partial charge in [0.05, 0.1) is 5.69 Å². The van der Waals surface area contributed by atoms with Crippen LogP contribution in [0.2, 0.25) is 0 Å². The Labute approximate surface area is 127 Å². The Balaban J connectivity index is 1.58. The van der Waals surface area contributed by atoms with Gasteiger partial charge in [-0.05, 0) is 13.0 Å². The van der Waals surface area contributed by atoms with Gasteiger partial charge in [-0.2, -0.15) is 0 Å². The zero-order valence-corrected chi connectivity index (χ0v) is 12.6. The molecule has 0 fully saturated rings. The first-order valence-corrected chi connectivity index (χ1v) is 7.72. The van der Waals surface area contributed by atoms with Crippen molar-refractivity contribution in [2.24, 2.45) is 0 Å². The third-order valence-electron chi connectivity index (χ3n) is 3.03. The lowest BCUT2D eigenvalue weighted by Crippen LogP contribution is -2.08. The molecule has 3 aromatic rings. The van der Waals surface area contributed by atoms with Crippen molar-refractivity contribution in [3.05, 3.63) is 59.4 Å². The Kier molecular flexibility index (Phi) is 4.21. The topological polar surface area (TPSA) is 50.7 Å². The molecule has 1 aromatic carbocycles. The minimum absolute atomic E-state index is 0.675. The number of anilines is 1. The molecule has 0 aliphatic heterocycles. The normalized spacial score (nSPS) is 10.5. The van der Waals surface area contributed by atoms with E-state index in [2.05, 4.69) is 37.8 Å². The van der Waals surface area contributed by atoms with Crippen LogP contribution in [0.3, 0.4) is 0 Å². The highest BCUT2D eigenvalue weighted by Gasteiger charge is 2.04. The third-order valence-corrected chi connectivity index (χ3v) is 3.97. The van der Waals surface area contributed by atoms with E-state index in [9.17, 15) is 0 Å². The van der Waals surface area contributed by atoms with Gasteiger partial charge in [0.25, 0.3) is 0 Å². The minimum Gasteiger partial charge on any atom is -0.354 e. The van der Waals surface area contributed by atoms with Crippen LogP contribution in [0, 0.1) is 6.92 Å². The van der Waals surface area contributed by atoms with Gasteiger partial charge < -0.3 is 5.32 Å². The van der Waals surface area contributed by atoms with Crippen LogP contribution in [-0.4, -0.2) is 21.5 Å². The average molecular weight is 296 g/mol. The Bertz CT molecular complexity index is 709. The summed E-state index contributed by atoms with van der Waals surface area (Å²) in [6, 6.07) is 12.1. The molecule has 0 aliphatic carbocycles. The second-order valence-corrected chi connectivity index (χ2v) is 5.57. The number of rotatable bonds is 5. The first kappa shape index (κ1) is 13.7. The number of nitrogens with one attached hydrogen (secondary N) is 1. The van der Waals surface area contributed by atoms with E-state index in [-0.39, 0.29) is 0 Å². The smallest absolute Gasteiger partial charge is 0.222 e. The van der Waals surface area contributed by atoms with Crippen LogP contribution in [0.4, 0.5) is 5.95 Å². The molecule has 0 saturated heterocycles. The lowest BCUT2D eigenvalue weighted by atomic mass is 10.2. The highest BCUT2D eigenvalue weighted by molar-refractivity contribution is 7.13. The van der Waals surface area contributed by atoms with E-state index < -0.39 is 0 Å². The summed E-state index contributed by atoms with van der Waals surface area (Å²) in [5, 5.41) is 6.40. The maximum absolute atomic E-state index is 4.67.